The highest BCUT2D eigenvalue weighted by atomic mass is 35.5. The lowest BCUT2D eigenvalue weighted by molar-refractivity contribution is 0.316. The number of hydrogen-bond donors (Lipinski definition) is 2. The molecule has 0 aliphatic heterocycles. The zero-order chi connectivity index (χ0) is 9.84. The van der Waals surface area contributed by atoms with Crippen LogP contribution in [-0.2, 0) is 6.54 Å². The van der Waals surface area contributed by atoms with Crippen molar-refractivity contribution in [3.63, 3.8) is 0 Å². The van der Waals surface area contributed by atoms with Crippen LogP contribution in [0.2, 0.25) is 5.02 Å². The van der Waals surface area contributed by atoms with Gasteiger partial charge in [-0.05, 0) is 6.92 Å². The van der Waals surface area contributed by atoms with Crippen LogP contribution in [0.1, 0.15) is 12.1 Å². The molecule has 0 atom stereocenters. The molecule has 0 fully saturated rings. The van der Waals surface area contributed by atoms with Crippen LogP contribution in [0.3, 0.4) is 0 Å². The number of amidine groups is 1. The summed E-state index contributed by atoms with van der Waals surface area (Å²) in [6.07, 6.45) is 2.16. The molecule has 0 saturated carbocycles. The van der Waals surface area contributed by atoms with Crippen molar-refractivity contribution in [1.82, 2.24) is 9.78 Å². The Kier molecular flexibility index (Phi) is 3.13. The van der Waals surface area contributed by atoms with Crippen molar-refractivity contribution in [2.75, 3.05) is 0 Å². The number of aromatic nitrogens is 2. The topological polar surface area (TPSA) is 76.4 Å². The van der Waals surface area contributed by atoms with Crippen molar-refractivity contribution in [3.8, 4) is 0 Å². The lowest BCUT2D eigenvalue weighted by atomic mass is 10.4. The molecule has 0 saturated heterocycles. The first kappa shape index (κ1) is 9.85. The van der Waals surface area contributed by atoms with E-state index in [4.69, 9.17) is 22.5 Å². The summed E-state index contributed by atoms with van der Waals surface area (Å²) >= 11 is 5.78. The van der Waals surface area contributed by atoms with Gasteiger partial charge >= 0.3 is 0 Å². The van der Waals surface area contributed by atoms with Crippen LogP contribution >= 0.6 is 11.6 Å². The fourth-order valence-electron chi connectivity index (χ4n) is 0.887. The van der Waals surface area contributed by atoms with Crippen molar-refractivity contribution in [3.05, 3.63) is 16.9 Å². The molecular weight excluding hydrogens is 192 g/mol. The average molecular weight is 203 g/mol. The number of nitrogens with two attached hydrogens (primary N) is 1. The van der Waals surface area contributed by atoms with Gasteiger partial charge in [-0.3, -0.25) is 4.68 Å². The molecule has 0 radical (unpaired) electrons. The number of aryl methyl sites for hydroxylation is 2. The molecule has 13 heavy (non-hydrogen) atoms. The minimum atomic E-state index is 0.185. The van der Waals surface area contributed by atoms with Crippen LogP contribution in [0.4, 0.5) is 0 Å². The minimum Gasteiger partial charge on any atom is -0.409 e. The van der Waals surface area contributed by atoms with Gasteiger partial charge in [-0.25, -0.2) is 0 Å². The molecule has 0 aromatic carbocycles. The summed E-state index contributed by atoms with van der Waals surface area (Å²) in [7, 11) is 0. The summed E-state index contributed by atoms with van der Waals surface area (Å²) in [5, 5.41) is 15.9. The molecule has 0 aliphatic carbocycles. The Morgan fingerprint density at radius 2 is 2.54 bits per heavy atom. The van der Waals surface area contributed by atoms with Crippen molar-refractivity contribution >= 4 is 17.4 Å². The lowest BCUT2D eigenvalue weighted by Crippen LogP contribution is -2.14. The van der Waals surface area contributed by atoms with E-state index in [-0.39, 0.29) is 5.84 Å². The molecule has 0 unspecified atom stereocenters. The van der Waals surface area contributed by atoms with E-state index >= 15 is 0 Å². The van der Waals surface area contributed by atoms with Gasteiger partial charge in [-0.2, -0.15) is 5.10 Å². The highest BCUT2D eigenvalue weighted by Crippen LogP contribution is 2.11. The van der Waals surface area contributed by atoms with Gasteiger partial charge in [-0.15, -0.1) is 0 Å². The van der Waals surface area contributed by atoms with E-state index in [1.165, 1.54) is 0 Å². The van der Waals surface area contributed by atoms with Gasteiger partial charge in [0, 0.05) is 19.2 Å². The molecule has 72 valence electrons. The fourth-order valence-corrected chi connectivity index (χ4v) is 1.04. The quantitative estimate of drug-likeness (QED) is 0.332. The van der Waals surface area contributed by atoms with Gasteiger partial charge in [-0.1, -0.05) is 16.8 Å². The van der Waals surface area contributed by atoms with Gasteiger partial charge in [0.15, 0.2) is 0 Å². The first-order chi connectivity index (χ1) is 6.13. The summed E-state index contributed by atoms with van der Waals surface area (Å²) in [4.78, 5) is 0. The molecule has 0 aliphatic rings. The molecule has 1 aromatic rings. The third kappa shape index (κ3) is 2.62. The summed E-state index contributed by atoms with van der Waals surface area (Å²) in [5.74, 6) is 0.185. The SMILES string of the molecule is Cc1nn(CC/C(N)=N/O)cc1Cl. The Morgan fingerprint density at radius 3 is 3.00 bits per heavy atom. The lowest BCUT2D eigenvalue weighted by Gasteiger charge is -1.98. The van der Waals surface area contributed by atoms with Crippen molar-refractivity contribution in [1.29, 1.82) is 0 Å². The molecule has 0 bridgehead atoms. The maximum absolute atomic E-state index is 8.28. The second-order valence-electron chi connectivity index (χ2n) is 2.67. The fraction of sp³-hybridized carbons (Fsp3) is 0.429. The molecule has 1 aromatic heterocycles. The molecule has 0 spiro atoms. The van der Waals surface area contributed by atoms with E-state index in [1.54, 1.807) is 10.9 Å². The largest absolute Gasteiger partial charge is 0.409 e. The normalized spacial score (nSPS) is 12.0. The standard InChI is InChI=1S/C7H11ClN4O/c1-5-6(8)4-12(10-5)3-2-7(9)11-13/h4,13H,2-3H2,1H3,(H2,9,11). The molecule has 1 rings (SSSR count). The third-order valence-corrected chi connectivity index (χ3v) is 1.98. The van der Waals surface area contributed by atoms with Gasteiger partial charge in [0.05, 0.1) is 10.7 Å². The monoisotopic (exact) mass is 202 g/mol. The van der Waals surface area contributed by atoms with Crippen molar-refractivity contribution in [2.45, 2.75) is 19.9 Å². The maximum atomic E-state index is 8.28. The summed E-state index contributed by atoms with van der Waals surface area (Å²) in [5.41, 5.74) is 6.07. The number of halogens is 1. The Balaban J connectivity index is 2.55. The van der Waals surface area contributed by atoms with Crippen LogP contribution < -0.4 is 5.73 Å². The molecule has 5 nitrogen and oxygen atoms in total. The van der Waals surface area contributed by atoms with Gasteiger partial charge < -0.3 is 10.9 Å². The predicted octanol–water partition coefficient (Wildman–Crippen LogP) is 0.981. The van der Waals surface area contributed by atoms with E-state index < -0.39 is 0 Å². The van der Waals surface area contributed by atoms with E-state index in [0.29, 0.717) is 18.0 Å². The first-order valence-corrected chi connectivity index (χ1v) is 4.17. The van der Waals surface area contributed by atoms with Gasteiger partial charge in [0.2, 0.25) is 0 Å². The second kappa shape index (κ2) is 4.13. The summed E-state index contributed by atoms with van der Waals surface area (Å²) in [6, 6.07) is 0. The molecule has 1 heterocycles. The summed E-state index contributed by atoms with van der Waals surface area (Å²) < 4.78 is 1.66. The highest BCUT2D eigenvalue weighted by molar-refractivity contribution is 6.31. The van der Waals surface area contributed by atoms with E-state index in [9.17, 15) is 0 Å². The van der Waals surface area contributed by atoms with Crippen LogP contribution in [0.15, 0.2) is 11.4 Å². The van der Waals surface area contributed by atoms with Crippen LogP contribution in [0, 0.1) is 6.92 Å². The number of oxime groups is 1. The van der Waals surface area contributed by atoms with Crippen molar-refractivity contribution < 1.29 is 5.21 Å². The molecular formula is C7H11ClN4O. The van der Waals surface area contributed by atoms with Crippen LogP contribution in [-0.4, -0.2) is 20.8 Å². The Morgan fingerprint density at radius 1 is 1.85 bits per heavy atom. The van der Waals surface area contributed by atoms with E-state index in [0.717, 1.165) is 5.69 Å². The third-order valence-electron chi connectivity index (χ3n) is 1.61. The Hall–Kier alpha value is -1.23. The highest BCUT2D eigenvalue weighted by Gasteiger charge is 2.02. The number of hydrogen-bond acceptors (Lipinski definition) is 3. The molecule has 3 N–H and O–H groups in total. The molecule has 0 amide bonds. The summed E-state index contributed by atoms with van der Waals surface area (Å²) in [6.45, 7) is 2.38. The smallest absolute Gasteiger partial charge is 0.140 e. The van der Waals surface area contributed by atoms with Crippen LogP contribution in [0.25, 0.3) is 0 Å². The number of nitrogens with zero attached hydrogens (tertiary/aromatic N) is 3. The van der Waals surface area contributed by atoms with E-state index in [1.807, 2.05) is 6.92 Å². The first-order valence-electron chi connectivity index (χ1n) is 3.79. The zero-order valence-electron chi connectivity index (χ0n) is 7.24. The minimum absolute atomic E-state index is 0.185. The second-order valence-corrected chi connectivity index (χ2v) is 3.07. The van der Waals surface area contributed by atoms with E-state index in [2.05, 4.69) is 10.3 Å². The average Bonchev–Trinajstić information content (AvgIpc) is 2.42. The predicted molar refractivity (Wildman–Crippen MR) is 50.0 cm³/mol. The van der Waals surface area contributed by atoms with Crippen molar-refractivity contribution in [2.24, 2.45) is 10.9 Å². The number of rotatable bonds is 3. The van der Waals surface area contributed by atoms with Gasteiger partial charge in [0.1, 0.15) is 5.84 Å². The van der Waals surface area contributed by atoms with Gasteiger partial charge in [0.25, 0.3) is 0 Å². The molecule has 6 heteroatoms. The maximum Gasteiger partial charge on any atom is 0.140 e. The Bertz CT molecular complexity index is 301. The zero-order valence-corrected chi connectivity index (χ0v) is 7.99. The van der Waals surface area contributed by atoms with Crippen LogP contribution in [0.5, 0.6) is 0 Å². The Labute approximate surface area is 80.8 Å².